The molecule has 0 saturated heterocycles. The number of hydrogen-bond donors (Lipinski definition) is 0. The summed E-state index contributed by atoms with van der Waals surface area (Å²) in [6.45, 7) is 5.04. The second kappa shape index (κ2) is 7.31. The zero-order valence-corrected chi connectivity index (χ0v) is 11.4. The Balaban J connectivity index is 2.22. The molecule has 0 heterocycles. The van der Waals surface area contributed by atoms with Crippen molar-refractivity contribution in [3.8, 4) is 0 Å². The van der Waals surface area contributed by atoms with Crippen molar-refractivity contribution in [1.82, 2.24) is 4.90 Å². The lowest BCUT2D eigenvalue weighted by atomic mass is 10.2. The second-order valence-electron chi connectivity index (χ2n) is 4.98. The summed E-state index contributed by atoms with van der Waals surface area (Å²) in [5.41, 5.74) is 1.30. The number of unbranched alkanes of at least 4 members (excludes halogenated alkanes) is 1. The maximum atomic E-state index is 11.7. The highest BCUT2D eigenvalue weighted by Gasteiger charge is 2.31. The maximum absolute atomic E-state index is 11.7. The van der Waals surface area contributed by atoms with Gasteiger partial charge in [0.2, 0.25) is 5.91 Å². The largest absolute Gasteiger partial charge is 0.342 e. The van der Waals surface area contributed by atoms with Crippen LogP contribution in [0.1, 0.15) is 46.0 Å². The van der Waals surface area contributed by atoms with Crippen LogP contribution in [-0.4, -0.2) is 24.4 Å². The van der Waals surface area contributed by atoms with Gasteiger partial charge in [-0.25, -0.2) is 0 Å². The molecule has 0 aromatic rings. The monoisotopic (exact) mass is 235 g/mol. The minimum absolute atomic E-state index is 0.323. The van der Waals surface area contributed by atoms with Crippen LogP contribution in [0.3, 0.4) is 0 Å². The Morgan fingerprint density at radius 3 is 2.59 bits per heavy atom. The van der Waals surface area contributed by atoms with Crippen LogP contribution < -0.4 is 0 Å². The van der Waals surface area contributed by atoms with Crippen molar-refractivity contribution >= 4 is 5.91 Å². The molecular weight excluding hydrogens is 210 g/mol. The summed E-state index contributed by atoms with van der Waals surface area (Å²) in [6.07, 6.45) is 12.1. The SMILES string of the molecule is CCC=CCCC=C(C)CN(C)C(=O)C1CC1. The van der Waals surface area contributed by atoms with Gasteiger partial charge in [-0.1, -0.05) is 30.7 Å². The Kier molecular flexibility index (Phi) is 6.03. The molecule has 0 aliphatic heterocycles. The molecule has 0 aromatic carbocycles. The summed E-state index contributed by atoms with van der Waals surface area (Å²) in [7, 11) is 1.91. The molecule has 1 saturated carbocycles. The molecule has 1 rings (SSSR count). The zero-order valence-electron chi connectivity index (χ0n) is 11.4. The predicted octanol–water partition coefficient (Wildman–Crippen LogP) is 3.55. The highest BCUT2D eigenvalue weighted by molar-refractivity contribution is 5.80. The average molecular weight is 235 g/mol. The summed E-state index contributed by atoms with van der Waals surface area (Å²) < 4.78 is 0. The fourth-order valence-electron chi connectivity index (χ4n) is 1.87. The summed E-state index contributed by atoms with van der Waals surface area (Å²) in [5, 5.41) is 0. The number of amides is 1. The van der Waals surface area contributed by atoms with E-state index < -0.39 is 0 Å². The number of likely N-dealkylation sites (N-methyl/N-ethyl adjacent to an activating group) is 1. The molecular formula is C15H25NO. The fourth-order valence-corrected chi connectivity index (χ4v) is 1.87. The minimum Gasteiger partial charge on any atom is -0.342 e. The predicted molar refractivity (Wildman–Crippen MR) is 72.8 cm³/mol. The molecule has 2 nitrogen and oxygen atoms in total. The van der Waals surface area contributed by atoms with Gasteiger partial charge < -0.3 is 4.90 Å². The Hall–Kier alpha value is -1.05. The first kappa shape index (κ1) is 14.0. The van der Waals surface area contributed by atoms with E-state index in [4.69, 9.17) is 0 Å². The molecule has 0 bridgehead atoms. The van der Waals surface area contributed by atoms with Crippen molar-refractivity contribution in [1.29, 1.82) is 0 Å². The quantitative estimate of drug-likeness (QED) is 0.488. The topological polar surface area (TPSA) is 20.3 Å². The molecule has 0 N–H and O–H groups in total. The molecule has 1 aliphatic carbocycles. The van der Waals surface area contributed by atoms with E-state index in [2.05, 4.69) is 32.1 Å². The molecule has 0 atom stereocenters. The van der Waals surface area contributed by atoms with Crippen molar-refractivity contribution in [3.05, 3.63) is 23.8 Å². The molecule has 0 unspecified atom stereocenters. The van der Waals surface area contributed by atoms with E-state index in [0.29, 0.717) is 11.8 Å². The van der Waals surface area contributed by atoms with Gasteiger partial charge in [-0.05, 0) is 39.0 Å². The Morgan fingerprint density at radius 1 is 1.29 bits per heavy atom. The highest BCUT2D eigenvalue weighted by Crippen LogP contribution is 2.30. The van der Waals surface area contributed by atoms with Crippen molar-refractivity contribution in [2.45, 2.75) is 46.0 Å². The van der Waals surface area contributed by atoms with Crippen LogP contribution >= 0.6 is 0 Å². The zero-order chi connectivity index (χ0) is 12.7. The van der Waals surface area contributed by atoms with Crippen molar-refractivity contribution in [3.63, 3.8) is 0 Å². The standard InChI is InChI=1S/C15H25NO/c1-4-5-6-7-8-9-13(2)12-16(3)15(17)14-10-11-14/h5-6,9,14H,4,7-8,10-12H2,1-3H3. The lowest BCUT2D eigenvalue weighted by Gasteiger charge is -2.17. The molecule has 17 heavy (non-hydrogen) atoms. The van der Waals surface area contributed by atoms with E-state index in [1.165, 1.54) is 5.57 Å². The van der Waals surface area contributed by atoms with E-state index in [1.54, 1.807) is 0 Å². The van der Waals surface area contributed by atoms with Crippen molar-refractivity contribution in [2.24, 2.45) is 5.92 Å². The normalized spacial score (nSPS) is 16.5. The number of allylic oxidation sites excluding steroid dienone is 3. The van der Waals surface area contributed by atoms with Crippen LogP contribution in [0.4, 0.5) is 0 Å². The van der Waals surface area contributed by atoms with Gasteiger partial charge in [0.1, 0.15) is 0 Å². The lowest BCUT2D eigenvalue weighted by Crippen LogP contribution is -2.29. The van der Waals surface area contributed by atoms with Gasteiger partial charge >= 0.3 is 0 Å². The third kappa shape index (κ3) is 5.71. The Morgan fingerprint density at radius 2 is 2.00 bits per heavy atom. The van der Waals surface area contributed by atoms with Gasteiger partial charge in [0.15, 0.2) is 0 Å². The van der Waals surface area contributed by atoms with Crippen LogP contribution in [0.5, 0.6) is 0 Å². The number of carbonyl (C=O) groups excluding carboxylic acids is 1. The van der Waals surface area contributed by atoms with E-state index >= 15 is 0 Å². The second-order valence-corrected chi connectivity index (χ2v) is 4.98. The number of carbonyl (C=O) groups is 1. The van der Waals surface area contributed by atoms with Gasteiger partial charge in [-0.3, -0.25) is 4.79 Å². The molecule has 1 amide bonds. The number of rotatable bonds is 7. The van der Waals surface area contributed by atoms with Crippen LogP contribution in [0.15, 0.2) is 23.8 Å². The fraction of sp³-hybridized carbons (Fsp3) is 0.667. The summed E-state index contributed by atoms with van der Waals surface area (Å²) in [4.78, 5) is 13.6. The molecule has 1 aliphatic rings. The molecule has 96 valence electrons. The van der Waals surface area contributed by atoms with Gasteiger partial charge in [-0.15, -0.1) is 0 Å². The molecule has 1 fully saturated rings. The maximum Gasteiger partial charge on any atom is 0.225 e. The minimum atomic E-state index is 0.323. The Labute approximate surface area is 105 Å². The van der Waals surface area contributed by atoms with Crippen molar-refractivity contribution in [2.75, 3.05) is 13.6 Å². The first-order valence-electron chi connectivity index (χ1n) is 6.70. The summed E-state index contributed by atoms with van der Waals surface area (Å²) in [6, 6.07) is 0. The summed E-state index contributed by atoms with van der Waals surface area (Å²) in [5.74, 6) is 0.656. The van der Waals surface area contributed by atoms with Crippen LogP contribution in [0.25, 0.3) is 0 Å². The molecule has 0 aromatic heterocycles. The van der Waals surface area contributed by atoms with E-state index in [0.717, 1.165) is 38.6 Å². The third-order valence-corrected chi connectivity index (χ3v) is 3.02. The average Bonchev–Trinajstić information content (AvgIpc) is 3.11. The van der Waals surface area contributed by atoms with Crippen LogP contribution in [0.2, 0.25) is 0 Å². The molecule has 0 spiro atoms. The summed E-state index contributed by atoms with van der Waals surface area (Å²) >= 11 is 0. The number of nitrogens with zero attached hydrogens (tertiary/aromatic N) is 1. The first-order chi connectivity index (χ1) is 8.15. The van der Waals surface area contributed by atoms with Crippen LogP contribution in [-0.2, 0) is 4.79 Å². The van der Waals surface area contributed by atoms with Gasteiger partial charge in [0.05, 0.1) is 0 Å². The van der Waals surface area contributed by atoms with E-state index in [-0.39, 0.29) is 0 Å². The first-order valence-corrected chi connectivity index (χ1v) is 6.70. The van der Waals surface area contributed by atoms with Gasteiger partial charge in [0.25, 0.3) is 0 Å². The van der Waals surface area contributed by atoms with Crippen molar-refractivity contribution < 1.29 is 4.79 Å². The molecule has 0 radical (unpaired) electrons. The van der Waals surface area contributed by atoms with E-state index in [9.17, 15) is 4.79 Å². The highest BCUT2D eigenvalue weighted by atomic mass is 16.2. The lowest BCUT2D eigenvalue weighted by molar-refractivity contribution is -0.130. The van der Waals surface area contributed by atoms with E-state index in [1.807, 2.05) is 11.9 Å². The third-order valence-electron chi connectivity index (χ3n) is 3.02. The van der Waals surface area contributed by atoms with Gasteiger partial charge in [0, 0.05) is 19.5 Å². The smallest absolute Gasteiger partial charge is 0.225 e. The molecule has 2 heteroatoms. The van der Waals surface area contributed by atoms with Gasteiger partial charge in [-0.2, -0.15) is 0 Å². The Bertz CT molecular complexity index is 300. The number of hydrogen-bond acceptors (Lipinski definition) is 1. The van der Waals surface area contributed by atoms with Crippen LogP contribution in [0, 0.1) is 5.92 Å².